The minimum Gasteiger partial charge on any atom is -0.478 e. The molecule has 0 unspecified atom stereocenters. The summed E-state index contributed by atoms with van der Waals surface area (Å²) < 4.78 is 12.0. The molecule has 0 amide bonds. The minimum absolute atomic E-state index is 0.00235. The number of aromatic nitrogens is 2. The molecule has 2 aromatic heterocycles. The number of ether oxygens (including phenoxy) is 2. The first-order chi connectivity index (χ1) is 11.2. The van der Waals surface area contributed by atoms with Crippen molar-refractivity contribution in [3.63, 3.8) is 0 Å². The number of carbonyl (C=O) groups excluding carboxylic acids is 1. The van der Waals surface area contributed by atoms with Crippen molar-refractivity contribution in [1.82, 2.24) is 9.55 Å². The molecular weight excluding hydrogens is 311 g/mol. The summed E-state index contributed by atoms with van der Waals surface area (Å²) in [7, 11) is -1.82. The van der Waals surface area contributed by atoms with E-state index in [2.05, 4.69) is 11.9 Å². The third kappa shape index (κ3) is 4.27. The van der Waals surface area contributed by atoms with Crippen LogP contribution >= 0.6 is 0 Å². The number of pyridine rings is 1. The third-order valence-corrected chi connectivity index (χ3v) is 3.24. The molecule has 0 saturated carbocycles. The average molecular weight is 334 g/mol. The van der Waals surface area contributed by atoms with Gasteiger partial charge in [-0.1, -0.05) is 13.3 Å². The zero-order valence-electron chi connectivity index (χ0n) is 14.4. The van der Waals surface area contributed by atoms with E-state index in [0.29, 0.717) is 17.9 Å². The molecule has 2 aromatic rings. The molecule has 24 heavy (non-hydrogen) atoms. The van der Waals surface area contributed by atoms with Gasteiger partial charge >= 0.3 is 13.2 Å². The van der Waals surface area contributed by atoms with Crippen LogP contribution in [0.3, 0.4) is 0 Å². The standard InChI is InChI=1S/C16H23BN2O5/c1-5-6-9-23-13-8-7-11-10-12(17(21)22)19(14(11)18-13)15(20)24-16(2,3)4/h7-8,10,21-22H,5-6,9H2,1-4H3. The molecule has 0 aromatic carbocycles. The highest BCUT2D eigenvalue weighted by atomic mass is 16.6. The van der Waals surface area contributed by atoms with Crippen molar-refractivity contribution >= 4 is 29.8 Å². The predicted octanol–water partition coefficient (Wildman–Crippen LogP) is 1.68. The van der Waals surface area contributed by atoms with Crippen LogP contribution in [-0.4, -0.2) is 45.0 Å². The predicted molar refractivity (Wildman–Crippen MR) is 91.6 cm³/mol. The first-order valence-electron chi connectivity index (χ1n) is 7.97. The number of hydrogen-bond acceptors (Lipinski definition) is 6. The SMILES string of the molecule is CCCCOc1ccc2cc(B(O)O)n(C(=O)OC(C)(C)C)c2n1. The molecule has 2 heterocycles. The Balaban J connectivity index is 2.46. The topological polar surface area (TPSA) is 93.8 Å². The maximum atomic E-state index is 12.5. The van der Waals surface area contributed by atoms with E-state index >= 15 is 0 Å². The maximum Gasteiger partial charge on any atom is 0.506 e. The van der Waals surface area contributed by atoms with Gasteiger partial charge in [-0.25, -0.2) is 9.36 Å². The normalized spacial score (nSPS) is 11.6. The summed E-state index contributed by atoms with van der Waals surface area (Å²) in [6, 6.07) is 4.90. The highest BCUT2D eigenvalue weighted by Gasteiger charge is 2.28. The van der Waals surface area contributed by atoms with Crippen LogP contribution < -0.4 is 10.3 Å². The molecule has 0 spiro atoms. The number of nitrogens with zero attached hydrogens (tertiary/aromatic N) is 2. The first-order valence-corrected chi connectivity index (χ1v) is 7.97. The van der Waals surface area contributed by atoms with Gasteiger partial charge < -0.3 is 19.5 Å². The third-order valence-electron chi connectivity index (χ3n) is 3.24. The number of unbranched alkanes of at least 4 members (excludes halogenated alkanes) is 1. The Morgan fingerprint density at radius 3 is 2.62 bits per heavy atom. The molecule has 7 nitrogen and oxygen atoms in total. The highest BCUT2D eigenvalue weighted by molar-refractivity contribution is 6.58. The Bertz CT molecular complexity index is 721. The van der Waals surface area contributed by atoms with Crippen molar-refractivity contribution in [2.24, 2.45) is 0 Å². The summed E-state index contributed by atoms with van der Waals surface area (Å²) in [6.07, 6.45) is 1.17. The fourth-order valence-electron chi connectivity index (χ4n) is 2.17. The molecule has 0 radical (unpaired) electrons. The molecule has 130 valence electrons. The van der Waals surface area contributed by atoms with Crippen molar-refractivity contribution in [1.29, 1.82) is 0 Å². The number of fused-ring (bicyclic) bond motifs is 1. The van der Waals surface area contributed by atoms with Crippen LogP contribution in [0.1, 0.15) is 40.5 Å². The van der Waals surface area contributed by atoms with Gasteiger partial charge in [0.25, 0.3) is 0 Å². The first kappa shape index (κ1) is 18.3. The Hall–Kier alpha value is -2.06. The zero-order chi connectivity index (χ0) is 17.9. The summed E-state index contributed by atoms with van der Waals surface area (Å²) in [5.74, 6) is 0.373. The van der Waals surface area contributed by atoms with Gasteiger partial charge in [-0.3, -0.25) is 0 Å². The summed E-state index contributed by atoms with van der Waals surface area (Å²) in [5, 5.41) is 19.7. The summed E-state index contributed by atoms with van der Waals surface area (Å²) in [4.78, 5) is 16.8. The fraction of sp³-hybridized carbons (Fsp3) is 0.500. The quantitative estimate of drug-likeness (QED) is 0.638. The van der Waals surface area contributed by atoms with Crippen molar-refractivity contribution in [2.75, 3.05) is 6.61 Å². The van der Waals surface area contributed by atoms with E-state index in [9.17, 15) is 14.8 Å². The number of carbonyl (C=O) groups is 1. The summed E-state index contributed by atoms with van der Waals surface area (Å²) in [6.45, 7) is 7.79. The van der Waals surface area contributed by atoms with E-state index in [0.717, 1.165) is 17.4 Å². The molecule has 0 fully saturated rings. The lowest BCUT2D eigenvalue weighted by Crippen LogP contribution is -2.41. The molecule has 0 aliphatic heterocycles. The van der Waals surface area contributed by atoms with Gasteiger partial charge in [0, 0.05) is 11.5 Å². The minimum atomic E-state index is -1.82. The van der Waals surface area contributed by atoms with E-state index in [1.807, 2.05) is 0 Å². The van der Waals surface area contributed by atoms with Crippen molar-refractivity contribution < 1.29 is 24.3 Å². The largest absolute Gasteiger partial charge is 0.506 e. The smallest absolute Gasteiger partial charge is 0.478 e. The Labute approximate surface area is 141 Å². The van der Waals surface area contributed by atoms with Crippen LogP contribution in [0, 0.1) is 0 Å². The van der Waals surface area contributed by atoms with Crippen LogP contribution in [0.5, 0.6) is 5.88 Å². The van der Waals surface area contributed by atoms with Gasteiger partial charge in [0.05, 0.1) is 12.2 Å². The van der Waals surface area contributed by atoms with Crippen LogP contribution in [0.4, 0.5) is 4.79 Å². The molecule has 0 bridgehead atoms. The van der Waals surface area contributed by atoms with Crippen molar-refractivity contribution in [3.8, 4) is 5.88 Å². The average Bonchev–Trinajstić information content (AvgIpc) is 2.84. The van der Waals surface area contributed by atoms with E-state index in [-0.39, 0.29) is 11.2 Å². The molecule has 0 atom stereocenters. The lowest BCUT2D eigenvalue weighted by molar-refractivity contribution is 0.0547. The second-order valence-corrected chi connectivity index (χ2v) is 6.52. The Morgan fingerprint density at radius 2 is 2.04 bits per heavy atom. The molecule has 0 aliphatic rings. The summed E-state index contributed by atoms with van der Waals surface area (Å²) >= 11 is 0. The van der Waals surface area contributed by atoms with Gasteiger partial charge in [-0.15, -0.1) is 0 Å². The van der Waals surface area contributed by atoms with Gasteiger partial charge in [0.1, 0.15) is 5.60 Å². The fourth-order valence-corrected chi connectivity index (χ4v) is 2.17. The van der Waals surface area contributed by atoms with E-state index in [1.165, 1.54) is 6.07 Å². The van der Waals surface area contributed by atoms with Gasteiger partial charge in [-0.05, 0) is 39.3 Å². The van der Waals surface area contributed by atoms with Gasteiger partial charge in [0.2, 0.25) is 5.88 Å². The van der Waals surface area contributed by atoms with Crippen LogP contribution in [-0.2, 0) is 4.74 Å². The monoisotopic (exact) mass is 334 g/mol. The van der Waals surface area contributed by atoms with E-state index in [1.54, 1.807) is 32.9 Å². The lowest BCUT2D eigenvalue weighted by Gasteiger charge is -2.20. The second kappa shape index (κ2) is 7.23. The molecule has 0 saturated heterocycles. The lowest BCUT2D eigenvalue weighted by atomic mass is 9.86. The second-order valence-electron chi connectivity index (χ2n) is 6.52. The van der Waals surface area contributed by atoms with Crippen LogP contribution in [0.2, 0.25) is 0 Å². The number of rotatable bonds is 5. The summed E-state index contributed by atoms with van der Waals surface area (Å²) in [5.41, 5.74) is -0.459. The molecule has 2 N–H and O–H groups in total. The van der Waals surface area contributed by atoms with Crippen molar-refractivity contribution in [2.45, 2.75) is 46.1 Å². The zero-order valence-corrected chi connectivity index (χ0v) is 14.4. The molecule has 0 aliphatic carbocycles. The van der Waals surface area contributed by atoms with Crippen LogP contribution in [0.25, 0.3) is 11.0 Å². The Morgan fingerprint density at radius 1 is 1.33 bits per heavy atom. The molecular formula is C16H23BN2O5. The Kier molecular flexibility index (Phi) is 5.51. The van der Waals surface area contributed by atoms with Crippen molar-refractivity contribution in [3.05, 3.63) is 18.2 Å². The van der Waals surface area contributed by atoms with Crippen LogP contribution in [0.15, 0.2) is 18.2 Å². The molecule has 8 heteroatoms. The van der Waals surface area contributed by atoms with Gasteiger partial charge in [-0.2, -0.15) is 4.98 Å². The maximum absolute atomic E-state index is 12.5. The van der Waals surface area contributed by atoms with Gasteiger partial charge in [0.15, 0.2) is 5.65 Å². The molecule has 2 rings (SSSR count). The highest BCUT2D eigenvalue weighted by Crippen LogP contribution is 2.19. The van der Waals surface area contributed by atoms with E-state index < -0.39 is 18.8 Å². The van der Waals surface area contributed by atoms with E-state index in [4.69, 9.17) is 9.47 Å². The number of hydrogen-bond donors (Lipinski definition) is 2.